The van der Waals surface area contributed by atoms with Crippen LogP contribution in [0.15, 0.2) is 29.3 Å². The average molecular weight is 474 g/mol. The summed E-state index contributed by atoms with van der Waals surface area (Å²) in [6.07, 6.45) is 4.90. The van der Waals surface area contributed by atoms with Crippen LogP contribution in [0.2, 0.25) is 0 Å². The Morgan fingerprint density at radius 2 is 2.12 bits per heavy atom. The van der Waals surface area contributed by atoms with Gasteiger partial charge in [0.25, 0.3) is 0 Å². The van der Waals surface area contributed by atoms with Crippen LogP contribution in [-0.2, 0) is 30.6 Å². The molecule has 0 aliphatic carbocycles. The molecule has 2 atom stereocenters. The van der Waals surface area contributed by atoms with Crippen molar-refractivity contribution in [2.45, 2.75) is 68.5 Å². The molecular formula is C23H27N3O6S. The lowest BCUT2D eigenvalue weighted by Gasteiger charge is -2.35. The summed E-state index contributed by atoms with van der Waals surface area (Å²) in [5.74, 6) is 0.227. The fourth-order valence-electron chi connectivity index (χ4n) is 4.59. The number of imide groups is 1. The lowest BCUT2D eigenvalue weighted by atomic mass is 9.77. The Hall–Kier alpha value is -2.56. The molecule has 5 rings (SSSR count). The number of carbonyl (C=O) groups is 3. The molecule has 1 spiro atoms. The van der Waals surface area contributed by atoms with E-state index in [1.54, 1.807) is 16.2 Å². The second-order valence-corrected chi connectivity index (χ2v) is 10.6. The Morgan fingerprint density at radius 3 is 2.82 bits per heavy atom. The molecule has 9 nitrogen and oxygen atoms in total. The lowest BCUT2D eigenvalue weighted by molar-refractivity contribution is -0.153. The molecule has 4 aliphatic rings. The highest BCUT2D eigenvalue weighted by atomic mass is 32.2. The van der Waals surface area contributed by atoms with E-state index in [1.165, 1.54) is 12.0 Å². The van der Waals surface area contributed by atoms with Gasteiger partial charge in [0.1, 0.15) is 24.0 Å². The molecule has 2 unspecified atom stereocenters. The van der Waals surface area contributed by atoms with Gasteiger partial charge in [-0.25, -0.2) is 9.08 Å². The molecular weight excluding hydrogens is 446 g/mol. The summed E-state index contributed by atoms with van der Waals surface area (Å²) in [5.41, 5.74) is 1.20. The zero-order chi connectivity index (χ0) is 23.4. The Labute approximate surface area is 196 Å². The van der Waals surface area contributed by atoms with Crippen molar-refractivity contribution < 1.29 is 28.1 Å². The minimum atomic E-state index is -0.545. The van der Waals surface area contributed by atoms with Gasteiger partial charge in [0.15, 0.2) is 0 Å². The second-order valence-electron chi connectivity index (χ2n) is 9.80. The first-order chi connectivity index (χ1) is 15.7. The van der Waals surface area contributed by atoms with Crippen molar-refractivity contribution in [3.8, 4) is 5.75 Å². The monoisotopic (exact) mass is 473 g/mol. The Kier molecular flexibility index (Phi) is 5.42. The number of fused-ring (bicyclic) bond motifs is 4. The van der Waals surface area contributed by atoms with E-state index < -0.39 is 11.6 Å². The first-order valence-corrected chi connectivity index (χ1v) is 11.8. The fourth-order valence-corrected chi connectivity index (χ4v) is 5.30. The highest BCUT2D eigenvalue weighted by Gasteiger charge is 2.44. The van der Waals surface area contributed by atoms with Gasteiger partial charge >= 0.3 is 6.09 Å². The van der Waals surface area contributed by atoms with E-state index in [9.17, 15) is 14.4 Å². The highest BCUT2D eigenvalue weighted by molar-refractivity contribution is 7.94. The molecule has 1 fully saturated rings. The van der Waals surface area contributed by atoms with Gasteiger partial charge in [0, 0.05) is 35.2 Å². The normalized spacial score (nSPS) is 27.1. The first kappa shape index (κ1) is 22.2. The van der Waals surface area contributed by atoms with Gasteiger partial charge < -0.3 is 9.47 Å². The number of piperidine rings is 1. The minimum Gasteiger partial charge on any atom is -0.492 e. The molecule has 1 aromatic rings. The van der Waals surface area contributed by atoms with Crippen LogP contribution in [0.4, 0.5) is 4.79 Å². The van der Waals surface area contributed by atoms with Crippen molar-refractivity contribution >= 4 is 30.0 Å². The third kappa shape index (κ3) is 4.11. The van der Waals surface area contributed by atoms with E-state index in [2.05, 4.69) is 11.4 Å². The molecule has 1 N–H and O–H groups in total. The predicted molar refractivity (Wildman–Crippen MR) is 119 cm³/mol. The smallest absolute Gasteiger partial charge is 0.414 e. The van der Waals surface area contributed by atoms with E-state index in [1.807, 2.05) is 32.9 Å². The van der Waals surface area contributed by atoms with Gasteiger partial charge in [-0.2, -0.15) is 5.06 Å². The van der Waals surface area contributed by atoms with Gasteiger partial charge in [-0.15, -0.1) is 0 Å². The molecule has 0 saturated carbocycles. The van der Waals surface area contributed by atoms with E-state index in [0.717, 1.165) is 28.2 Å². The van der Waals surface area contributed by atoms with Crippen molar-refractivity contribution in [2.24, 2.45) is 0 Å². The molecule has 1 saturated heterocycles. The number of benzene rings is 1. The number of carbonyl (C=O) groups excluding carboxylic acids is 3. The summed E-state index contributed by atoms with van der Waals surface area (Å²) in [7, 11) is 0. The SMILES string of the molecule is CC(C)(C)OC(=O)N1C=CC2(CC1)COc1c2ccc2c1CN(C1CCC(=O)NC1=O)OS2. The number of ether oxygens (including phenoxy) is 2. The quantitative estimate of drug-likeness (QED) is 0.491. The van der Waals surface area contributed by atoms with Crippen LogP contribution in [0.1, 0.15) is 51.2 Å². The molecule has 4 aliphatic heterocycles. The van der Waals surface area contributed by atoms with Crippen LogP contribution < -0.4 is 10.1 Å². The zero-order valence-electron chi connectivity index (χ0n) is 18.9. The number of amides is 3. The molecule has 0 radical (unpaired) electrons. The van der Waals surface area contributed by atoms with Gasteiger partial charge in [-0.3, -0.25) is 19.8 Å². The van der Waals surface area contributed by atoms with Crippen LogP contribution in [0.5, 0.6) is 5.75 Å². The Bertz CT molecular complexity index is 1050. The number of nitrogens with zero attached hydrogens (tertiary/aromatic N) is 2. The molecule has 0 bridgehead atoms. The lowest BCUT2D eigenvalue weighted by Crippen LogP contribution is -2.52. The fraction of sp³-hybridized carbons (Fsp3) is 0.522. The minimum absolute atomic E-state index is 0.253. The standard InChI is InChI=1S/C23H27N3O6S/c1-22(2,3)31-21(29)25-10-8-23(9-11-25)13-30-19-14-12-26(16-5-7-18(27)24-20(16)28)32-33-17(14)6-4-15(19)23/h4,6,8,10,16H,5,7,9,11-13H2,1-3H3,(H,24,27,28). The number of rotatable bonds is 1. The predicted octanol–water partition coefficient (Wildman–Crippen LogP) is 3.03. The van der Waals surface area contributed by atoms with Crippen molar-refractivity contribution in [1.29, 1.82) is 0 Å². The maximum absolute atomic E-state index is 12.4. The molecule has 0 aromatic heterocycles. The number of nitrogens with one attached hydrogen (secondary N) is 1. The average Bonchev–Trinajstić information content (AvgIpc) is 3.11. The van der Waals surface area contributed by atoms with E-state index in [0.29, 0.717) is 32.5 Å². The third-order valence-corrected chi connectivity index (χ3v) is 7.15. The summed E-state index contributed by atoms with van der Waals surface area (Å²) in [4.78, 5) is 38.8. The summed E-state index contributed by atoms with van der Waals surface area (Å²) in [5, 5.41) is 4.01. The van der Waals surface area contributed by atoms with Crippen LogP contribution in [0.3, 0.4) is 0 Å². The van der Waals surface area contributed by atoms with Crippen molar-refractivity contribution in [1.82, 2.24) is 15.3 Å². The van der Waals surface area contributed by atoms with Crippen LogP contribution in [0.25, 0.3) is 0 Å². The summed E-state index contributed by atoms with van der Waals surface area (Å²) in [6, 6.07) is 3.56. The molecule has 4 heterocycles. The summed E-state index contributed by atoms with van der Waals surface area (Å²) < 4.78 is 17.5. The van der Waals surface area contributed by atoms with E-state index in [4.69, 9.17) is 13.8 Å². The van der Waals surface area contributed by atoms with Crippen molar-refractivity contribution in [2.75, 3.05) is 13.2 Å². The van der Waals surface area contributed by atoms with Crippen LogP contribution in [0, 0.1) is 0 Å². The number of hydrogen-bond donors (Lipinski definition) is 1. The maximum atomic E-state index is 12.4. The van der Waals surface area contributed by atoms with Gasteiger partial charge in [-0.05, 0) is 39.7 Å². The molecule has 176 valence electrons. The molecule has 33 heavy (non-hydrogen) atoms. The summed E-state index contributed by atoms with van der Waals surface area (Å²) in [6.45, 7) is 6.97. The first-order valence-electron chi connectivity index (χ1n) is 11.1. The Balaban J connectivity index is 1.37. The Morgan fingerprint density at radius 1 is 1.30 bits per heavy atom. The van der Waals surface area contributed by atoms with Crippen LogP contribution in [-0.4, -0.2) is 52.7 Å². The second kappa shape index (κ2) is 8.03. The molecule has 3 amide bonds. The van der Waals surface area contributed by atoms with Crippen LogP contribution >= 0.6 is 12.0 Å². The zero-order valence-corrected chi connectivity index (χ0v) is 19.7. The largest absolute Gasteiger partial charge is 0.492 e. The van der Waals surface area contributed by atoms with Gasteiger partial charge in [-0.1, -0.05) is 12.1 Å². The van der Waals surface area contributed by atoms with Crippen molar-refractivity contribution in [3.05, 3.63) is 35.5 Å². The van der Waals surface area contributed by atoms with Gasteiger partial charge in [0.05, 0.1) is 24.0 Å². The maximum Gasteiger partial charge on any atom is 0.414 e. The van der Waals surface area contributed by atoms with E-state index in [-0.39, 0.29) is 23.3 Å². The molecule has 10 heteroatoms. The topological polar surface area (TPSA) is 97.4 Å². The molecule has 1 aromatic carbocycles. The highest BCUT2D eigenvalue weighted by Crippen LogP contribution is 2.50. The number of hydroxylamine groups is 2. The van der Waals surface area contributed by atoms with Crippen molar-refractivity contribution in [3.63, 3.8) is 0 Å². The van der Waals surface area contributed by atoms with E-state index >= 15 is 0 Å². The van der Waals surface area contributed by atoms with Gasteiger partial charge in [0.2, 0.25) is 11.8 Å². The summed E-state index contributed by atoms with van der Waals surface area (Å²) >= 11 is 1.20. The number of hydrogen-bond acceptors (Lipinski definition) is 8. The third-order valence-electron chi connectivity index (χ3n) is 6.32.